The van der Waals surface area contributed by atoms with Crippen molar-refractivity contribution in [2.24, 2.45) is 11.1 Å². The Kier molecular flexibility index (Phi) is 4.95. The van der Waals surface area contributed by atoms with E-state index in [1.165, 1.54) is 0 Å². The molecule has 2 aliphatic rings. The minimum absolute atomic E-state index is 0.0734. The first kappa shape index (κ1) is 16.0. The van der Waals surface area contributed by atoms with Crippen LogP contribution < -0.4 is 0 Å². The predicted octanol–water partition coefficient (Wildman–Crippen LogP) is 1.24. The van der Waals surface area contributed by atoms with E-state index in [0.717, 1.165) is 50.7 Å². The Balaban J connectivity index is 1.51. The standard InChI is InChI=1S/C16H25N5O2/c1-12(2)13-10-14(23-19-13)16(22)21-7-3-6-20(8-9-21)11-15-17-4-5-18-15/h4-5,12,14H,3,6-11H2,1-2H3,(H,17,18). The lowest BCUT2D eigenvalue weighted by atomic mass is 10.0. The van der Waals surface area contributed by atoms with E-state index in [-0.39, 0.29) is 5.91 Å². The van der Waals surface area contributed by atoms with E-state index in [2.05, 4.69) is 33.9 Å². The second kappa shape index (κ2) is 7.12. The summed E-state index contributed by atoms with van der Waals surface area (Å²) >= 11 is 0. The maximum Gasteiger partial charge on any atom is 0.266 e. The fourth-order valence-electron chi connectivity index (χ4n) is 3.02. The number of carbonyl (C=O) groups is 1. The molecule has 1 atom stereocenters. The molecular formula is C16H25N5O2. The van der Waals surface area contributed by atoms with Crippen LogP contribution in [0.4, 0.5) is 0 Å². The van der Waals surface area contributed by atoms with Gasteiger partial charge >= 0.3 is 0 Å². The summed E-state index contributed by atoms with van der Waals surface area (Å²) in [4.78, 5) is 29.7. The van der Waals surface area contributed by atoms with Gasteiger partial charge in [0.15, 0.2) is 0 Å². The Morgan fingerprint density at radius 2 is 2.26 bits per heavy atom. The van der Waals surface area contributed by atoms with E-state index in [1.54, 1.807) is 6.20 Å². The summed E-state index contributed by atoms with van der Waals surface area (Å²) < 4.78 is 0. The van der Waals surface area contributed by atoms with E-state index in [0.29, 0.717) is 12.3 Å². The highest BCUT2D eigenvalue weighted by molar-refractivity contribution is 5.93. The second-order valence-corrected chi connectivity index (χ2v) is 6.53. The van der Waals surface area contributed by atoms with Crippen LogP contribution in [-0.4, -0.2) is 63.7 Å². The summed E-state index contributed by atoms with van der Waals surface area (Å²) in [5, 5.41) is 4.07. The smallest absolute Gasteiger partial charge is 0.266 e. The molecule has 0 aromatic carbocycles. The molecule has 1 aromatic rings. The average molecular weight is 319 g/mol. The molecule has 0 spiro atoms. The van der Waals surface area contributed by atoms with E-state index in [9.17, 15) is 4.79 Å². The first-order valence-corrected chi connectivity index (χ1v) is 8.35. The van der Waals surface area contributed by atoms with Crippen LogP contribution in [0.15, 0.2) is 17.5 Å². The molecule has 1 amide bonds. The number of aromatic amines is 1. The highest BCUT2D eigenvalue weighted by Gasteiger charge is 2.33. The molecule has 3 heterocycles. The Morgan fingerprint density at radius 1 is 1.39 bits per heavy atom. The third-order valence-electron chi connectivity index (χ3n) is 4.46. The SMILES string of the molecule is CC(C)C1=NOC(C(=O)N2CCCN(Cc3ncc[nH]3)CC2)C1. The number of oxime groups is 1. The molecule has 1 fully saturated rings. The number of aromatic nitrogens is 2. The minimum atomic E-state index is -0.427. The molecule has 0 saturated carbocycles. The number of nitrogens with zero attached hydrogens (tertiary/aromatic N) is 4. The van der Waals surface area contributed by atoms with Crippen LogP contribution in [-0.2, 0) is 16.2 Å². The van der Waals surface area contributed by atoms with Crippen molar-refractivity contribution in [1.82, 2.24) is 19.8 Å². The fourth-order valence-corrected chi connectivity index (χ4v) is 3.02. The number of rotatable bonds is 4. The lowest BCUT2D eigenvalue weighted by Gasteiger charge is -2.23. The highest BCUT2D eigenvalue weighted by atomic mass is 16.6. The Hall–Kier alpha value is -1.89. The quantitative estimate of drug-likeness (QED) is 0.906. The van der Waals surface area contributed by atoms with Crippen LogP contribution in [0.5, 0.6) is 0 Å². The zero-order valence-corrected chi connectivity index (χ0v) is 13.9. The molecule has 0 aliphatic carbocycles. The van der Waals surface area contributed by atoms with Gasteiger partial charge in [0.2, 0.25) is 6.10 Å². The van der Waals surface area contributed by atoms with Crippen LogP contribution in [0.25, 0.3) is 0 Å². The van der Waals surface area contributed by atoms with Gasteiger partial charge in [0.05, 0.1) is 12.3 Å². The number of hydrogen-bond donors (Lipinski definition) is 1. The van der Waals surface area contributed by atoms with E-state index in [4.69, 9.17) is 4.84 Å². The summed E-state index contributed by atoms with van der Waals surface area (Å²) in [6.07, 6.45) is 4.78. The lowest BCUT2D eigenvalue weighted by molar-refractivity contribution is -0.141. The summed E-state index contributed by atoms with van der Waals surface area (Å²) in [5.41, 5.74) is 0.984. The molecule has 0 radical (unpaired) electrons. The topological polar surface area (TPSA) is 73.8 Å². The largest absolute Gasteiger partial charge is 0.382 e. The zero-order chi connectivity index (χ0) is 16.2. The van der Waals surface area contributed by atoms with Crippen molar-refractivity contribution >= 4 is 11.6 Å². The molecule has 1 unspecified atom stereocenters. The van der Waals surface area contributed by atoms with Crippen molar-refractivity contribution in [1.29, 1.82) is 0 Å². The number of imidazole rings is 1. The molecule has 0 bridgehead atoms. The van der Waals surface area contributed by atoms with E-state index < -0.39 is 6.10 Å². The second-order valence-electron chi connectivity index (χ2n) is 6.53. The highest BCUT2D eigenvalue weighted by Crippen LogP contribution is 2.19. The fraction of sp³-hybridized carbons (Fsp3) is 0.688. The van der Waals surface area contributed by atoms with Crippen LogP contribution in [0.3, 0.4) is 0 Å². The van der Waals surface area contributed by atoms with Crippen molar-refractivity contribution < 1.29 is 9.63 Å². The minimum Gasteiger partial charge on any atom is -0.382 e. The number of amides is 1. The van der Waals surface area contributed by atoms with Gasteiger partial charge in [0.25, 0.3) is 5.91 Å². The Bertz CT molecular complexity index is 555. The average Bonchev–Trinajstić information content (AvgIpc) is 3.16. The molecule has 1 N–H and O–H groups in total. The van der Waals surface area contributed by atoms with Gasteiger partial charge < -0.3 is 14.7 Å². The first-order valence-electron chi connectivity index (χ1n) is 8.35. The van der Waals surface area contributed by atoms with Gasteiger partial charge in [0, 0.05) is 45.0 Å². The van der Waals surface area contributed by atoms with Gasteiger partial charge in [-0.25, -0.2) is 4.98 Å². The van der Waals surface area contributed by atoms with Crippen molar-refractivity contribution in [3.63, 3.8) is 0 Å². The number of hydrogen-bond acceptors (Lipinski definition) is 5. The molecule has 1 aromatic heterocycles. The molecule has 23 heavy (non-hydrogen) atoms. The van der Waals surface area contributed by atoms with Gasteiger partial charge in [-0.05, 0) is 12.3 Å². The molecule has 7 nitrogen and oxygen atoms in total. The van der Waals surface area contributed by atoms with E-state index in [1.807, 2.05) is 11.1 Å². The van der Waals surface area contributed by atoms with Crippen LogP contribution in [0.2, 0.25) is 0 Å². The third kappa shape index (κ3) is 3.90. The maximum atomic E-state index is 12.6. The van der Waals surface area contributed by atoms with Crippen molar-refractivity contribution in [2.75, 3.05) is 26.2 Å². The maximum absolute atomic E-state index is 12.6. The van der Waals surface area contributed by atoms with Gasteiger partial charge in [0.1, 0.15) is 5.82 Å². The Morgan fingerprint density at radius 3 is 2.96 bits per heavy atom. The normalized spacial score (nSPS) is 22.8. The van der Waals surface area contributed by atoms with Crippen LogP contribution in [0, 0.1) is 5.92 Å². The van der Waals surface area contributed by atoms with Gasteiger partial charge in [-0.2, -0.15) is 0 Å². The molecule has 2 aliphatic heterocycles. The molecular weight excluding hydrogens is 294 g/mol. The Labute approximate surface area is 136 Å². The van der Waals surface area contributed by atoms with Crippen LogP contribution >= 0.6 is 0 Å². The number of H-pyrrole nitrogens is 1. The third-order valence-corrected chi connectivity index (χ3v) is 4.46. The van der Waals surface area contributed by atoms with Gasteiger partial charge in [-0.15, -0.1) is 0 Å². The predicted molar refractivity (Wildman–Crippen MR) is 86.8 cm³/mol. The molecule has 126 valence electrons. The van der Waals surface area contributed by atoms with Crippen molar-refractivity contribution in [2.45, 2.75) is 39.3 Å². The van der Waals surface area contributed by atoms with E-state index >= 15 is 0 Å². The monoisotopic (exact) mass is 319 g/mol. The lowest BCUT2D eigenvalue weighted by Crippen LogP contribution is -2.41. The summed E-state index contributed by atoms with van der Waals surface area (Å²) in [6, 6.07) is 0. The summed E-state index contributed by atoms with van der Waals surface area (Å²) in [7, 11) is 0. The molecule has 7 heteroatoms. The summed E-state index contributed by atoms with van der Waals surface area (Å²) in [5.74, 6) is 1.38. The van der Waals surface area contributed by atoms with Gasteiger partial charge in [-0.1, -0.05) is 19.0 Å². The van der Waals surface area contributed by atoms with Gasteiger partial charge in [-0.3, -0.25) is 9.69 Å². The zero-order valence-electron chi connectivity index (χ0n) is 13.9. The number of nitrogens with one attached hydrogen (secondary N) is 1. The van der Waals surface area contributed by atoms with Crippen LogP contribution in [0.1, 0.15) is 32.5 Å². The number of carbonyl (C=O) groups excluding carboxylic acids is 1. The first-order chi connectivity index (χ1) is 11.1. The molecule has 1 saturated heterocycles. The summed E-state index contributed by atoms with van der Waals surface area (Å²) in [6.45, 7) is 8.30. The van der Waals surface area contributed by atoms with Crippen molar-refractivity contribution in [3.05, 3.63) is 18.2 Å². The molecule has 3 rings (SSSR count). The van der Waals surface area contributed by atoms with Crippen molar-refractivity contribution in [3.8, 4) is 0 Å².